The van der Waals surface area contributed by atoms with Gasteiger partial charge >= 0.3 is 12.1 Å². The molecule has 3 rings (SSSR count). The van der Waals surface area contributed by atoms with Crippen LogP contribution in [0.15, 0.2) is 30.3 Å². The van der Waals surface area contributed by atoms with Gasteiger partial charge < -0.3 is 14.4 Å². The maximum Gasteiger partial charge on any atom is 0.410 e. The summed E-state index contributed by atoms with van der Waals surface area (Å²) in [5, 5.41) is 0. The third-order valence-electron chi connectivity index (χ3n) is 6.82. The lowest BCUT2D eigenvalue weighted by Crippen LogP contribution is -2.48. The maximum absolute atomic E-state index is 13.0. The highest BCUT2D eigenvalue weighted by Crippen LogP contribution is 2.37. The van der Waals surface area contributed by atoms with Crippen LogP contribution in [0.2, 0.25) is 0 Å². The summed E-state index contributed by atoms with van der Waals surface area (Å²) in [6.07, 6.45) is 3.65. The van der Waals surface area contributed by atoms with Crippen LogP contribution in [0.25, 0.3) is 0 Å². The molecular weight excluding hydrogens is 366 g/mol. The molecule has 0 N–H and O–H groups in total. The van der Waals surface area contributed by atoms with E-state index in [0.29, 0.717) is 30.8 Å². The van der Waals surface area contributed by atoms with Crippen molar-refractivity contribution in [3.8, 4) is 0 Å². The van der Waals surface area contributed by atoms with Crippen molar-refractivity contribution >= 4 is 12.1 Å². The normalized spacial score (nSPS) is 30.1. The Hall–Kier alpha value is -2.04. The van der Waals surface area contributed by atoms with Crippen LogP contribution in [-0.4, -0.2) is 43.3 Å². The summed E-state index contributed by atoms with van der Waals surface area (Å²) in [5.74, 6) is 0.915. The van der Waals surface area contributed by atoms with Crippen molar-refractivity contribution in [2.45, 2.75) is 58.5 Å². The molecule has 0 aromatic heterocycles. The first-order valence-electron chi connectivity index (χ1n) is 11.0. The second kappa shape index (κ2) is 9.64. The molecule has 1 aliphatic heterocycles. The predicted molar refractivity (Wildman–Crippen MR) is 112 cm³/mol. The second-order valence-electron chi connectivity index (χ2n) is 9.13. The van der Waals surface area contributed by atoms with E-state index >= 15 is 0 Å². The van der Waals surface area contributed by atoms with Gasteiger partial charge in [0.2, 0.25) is 0 Å². The van der Waals surface area contributed by atoms with Gasteiger partial charge in [0, 0.05) is 19.0 Å². The number of methoxy groups -OCH3 is 1. The predicted octanol–water partition coefficient (Wildman–Crippen LogP) is 4.86. The Morgan fingerprint density at radius 3 is 2.48 bits per heavy atom. The molecule has 5 heteroatoms. The molecule has 29 heavy (non-hydrogen) atoms. The average molecular weight is 402 g/mol. The van der Waals surface area contributed by atoms with E-state index in [4.69, 9.17) is 9.47 Å². The third-order valence-corrected chi connectivity index (χ3v) is 6.82. The molecule has 2 aliphatic rings. The summed E-state index contributed by atoms with van der Waals surface area (Å²) in [6.45, 7) is 7.59. The molecule has 1 saturated heterocycles. The molecule has 160 valence electrons. The van der Waals surface area contributed by atoms with Gasteiger partial charge in [-0.1, -0.05) is 57.5 Å². The zero-order chi connectivity index (χ0) is 21.0. The maximum atomic E-state index is 13.0. The topological polar surface area (TPSA) is 55.8 Å². The fourth-order valence-electron chi connectivity index (χ4n) is 5.06. The van der Waals surface area contributed by atoms with Crippen LogP contribution in [0.1, 0.15) is 57.9 Å². The van der Waals surface area contributed by atoms with Crippen molar-refractivity contribution in [1.29, 1.82) is 0 Å². The quantitative estimate of drug-likeness (QED) is 0.676. The van der Waals surface area contributed by atoms with Crippen LogP contribution in [0.5, 0.6) is 0 Å². The Balaban J connectivity index is 1.69. The van der Waals surface area contributed by atoms with Crippen LogP contribution in [-0.2, 0) is 14.3 Å². The first-order chi connectivity index (χ1) is 13.9. The number of rotatable bonds is 4. The van der Waals surface area contributed by atoms with Gasteiger partial charge in [-0.3, -0.25) is 4.79 Å². The Morgan fingerprint density at radius 2 is 1.83 bits per heavy atom. The molecule has 0 bridgehead atoms. The molecular formula is C24H35NO4. The summed E-state index contributed by atoms with van der Waals surface area (Å²) in [7, 11) is 1.41. The van der Waals surface area contributed by atoms with Crippen molar-refractivity contribution in [3.63, 3.8) is 0 Å². The fourth-order valence-corrected chi connectivity index (χ4v) is 5.06. The number of hydrogen-bond donors (Lipinski definition) is 0. The van der Waals surface area contributed by atoms with E-state index < -0.39 is 0 Å². The van der Waals surface area contributed by atoms with Crippen molar-refractivity contribution in [2.75, 3.05) is 20.2 Å². The minimum Gasteiger partial charge on any atom is -0.469 e. The van der Waals surface area contributed by atoms with E-state index in [0.717, 1.165) is 24.8 Å². The van der Waals surface area contributed by atoms with Gasteiger partial charge in [0.1, 0.15) is 6.10 Å². The smallest absolute Gasteiger partial charge is 0.410 e. The number of nitrogens with zero attached hydrogens (tertiary/aromatic N) is 1. The van der Waals surface area contributed by atoms with E-state index in [2.05, 4.69) is 20.8 Å². The minimum atomic E-state index is -0.366. The molecule has 0 unspecified atom stereocenters. The van der Waals surface area contributed by atoms with Gasteiger partial charge in [-0.25, -0.2) is 4.79 Å². The molecule has 0 radical (unpaired) electrons. The van der Waals surface area contributed by atoms with Gasteiger partial charge in [0.15, 0.2) is 0 Å². The van der Waals surface area contributed by atoms with Crippen LogP contribution >= 0.6 is 0 Å². The summed E-state index contributed by atoms with van der Waals surface area (Å²) in [6, 6.07) is 10.0. The summed E-state index contributed by atoms with van der Waals surface area (Å²) >= 11 is 0. The summed E-state index contributed by atoms with van der Waals surface area (Å²) in [4.78, 5) is 27.2. The number of carbonyl (C=O) groups is 2. The lowest BCUT2D eigenvalue weighted by molar-refractivity contribution is -0.148. The number of likely N-dealkylation sites (tertiary alicyclic amines) is 1. The van der Waals surface area contributed by atoms with E-state index in [1.54, 1.807) is 4.90 Å². The Kier molecular flexibility index (Phi) is 7.20. The number of hydrogen-bond acceptors (Lipinski definition) is 4. The fraction of sp³-hybridized carbons (Fsp3) is 0.667. The summed E-state index contributed by atoms with van der Waals surface area (Å²) < 4.78 is 11.1. The van der Waals surface area contributed by atoms with Crippen LogP contribution in [0.4, 0.5) is 4.79 Å². The number of piperidine rings is 1. The molecule has 1 aromatic rings. The first kappa shape index (κ1) is 21.7. The van der Waals surface area contributed by atoms with Gasteiger partial charge in [-0.05, 0) is 42.6 Å². The SMILES string of the molecule is COC(=O)[C@H]1CN(C(=O)O[C@H]2C[C@@H](C)CC[C@@H]2C(C)C)CC[C@H]1c1ccccc1. The highest BCUT2D eigenvalue weighted by molar-refractivity contribution is 5.76. The minimum absolute atomic E-state index is 0.0327. The molecule has 0 spiro atoms. The van der Waals surface area contributed by atoms with E-state index in [9.17, 15) is 9.59 Å². The summed E-state index contributed by atoms with van der Waals surface area (Å²) in [5.41, 5.74) is 1.12. The number of benzene rings is 1. The lowest BCUT2D eigenvalue weighted by Gasteiger charge is -2.40. The van der Waals surface area contributed by atoms with Crippen molar-refractivity contribution in [2.24, 2.45) is 23.7 Å². The molecule has 1 amide bonds. The van der Waals surface area contributed by atoms with E-state index in [-0.39, 0.29) is 30.0 Å². The average Bonchev–Trinajstić information content (AvgIpc) is 2.73. The third kappa shape index (κ3) is 5.12. The van der Waals surface area contributed by atoms with Gasteiger partial charge in [0.05, 0.1) is 13.0 Å². The van der Waals surface area contributed by atoms with Crippen LogP contribution < -0.4 is 0 Å². The Morgan fingerprint density at radius 1 is 1.10 bits per heavy atom. The Bertz CT molecular complexity index is 689. The van der Waals surface area contributed by atoms with Crippen molar-refractivity contribution < 1.29 is 19.1 Å². The van der Waals surface area contributed by atoms with Crippen LogP contribution in [0.3, 0.4) is 0 Å². The van der Waals surface area contributed by atoms with Crippen molar-refractivity contribution in [3.05, 3.63) is 35.9 Å². The van der Waals surface area contributed by atoms with Gasteiger partial charge in [-0.15, -0.1) is 0 Å². The second-order valence-corrected chi connectivity index (χ2v) is 9.13. The first-order valence-corrected chi connectivity index (χ1v) is 11.0. The zero-order valence-electron chi connectivity index (χ0n) is 18.2. The number of esters is 1. The lowest BCUT2D eigenvalue weighted by atomic mass is 9.75. The molecule has 5 nitrogen and oxygen atoms in total. The highest BCUT2D eigenvalue weighted by Gasteiger charge is 2.40. The molecule has 1 aliphatic carbocycles. The molecule has 1 saturated carbocycles. The highest BCUT2D eigenvalue weighted by atomic mass is 16.6. The van der Waals surface area contributed by atoms with Gasteiger partial charge in [-0.2, -0.15) is 0 Å². The van der Waals surface area contributed by atoms with E-state index in [1.807, 2.05) is 30.3 Å². The molecule has 1 heterocycles. The molecule has 1 aromatic carbocycles. The Labute approximate surface area is 174 Å². The van der Waals surface area contributed by atoms with Crippen molar-refractivity contribution in [1.82, 2.24) is 4.90 Å². The molecule has 5 atom stereocenters. The monoisotopic (exact) mass is 401 g/mol. The number of carbonyl (C=O) groups excluding carboxylic acids is 2. The van der Waals surface area contributed by atoms with Gasteiger partial charge in [0.25, 0.3) is 0 Å². The molecule has 2 fully saturated rings. The standard InChI is InChI=1S/C24H35NO4/c1-16(2)19-11-10-17(3)14-22(19)29-24(27)25-13-12-20(18-8-6-5-7-9-18)21(15-25)23(26)28-4/h5-9,16-17,19-22H,10-15H2,1-4H3/t17-,19+,20-,21-,22-/m0/s1. The largest absolute Gasteiger partial charge is 0.469 e. The number of amides is 1. The number of ether oxygens (including phenoxy) is 2. The van der Waals surface area contributed by atoms with Crippen LogP contribution in [0, 0.1) is 23.7 Å². The van der Waals surface area contributed by atoms with E-state index in [1.165, 1.54) is 13.5 Å². The zero-order valence-corrected chi connectivity index (χ0v) is 18.2.